The molecule has 0 saturated carbocycles. The Morgan fingerprint density at radius 1 is 0.619 bits per heavy atom. The van der Waals surface area contributed by atoms with E-state index < -0.39 is 155 Å². The van der Waals surface area contributed by atoms with Crippen LogP contribution in [0.25, 0.3) is 0 Å². The van der Waals surface area contributed by atoms with Crippen LogP contribution in [-0.2, 0) is 42.8 Å². The van der Waals surface area contributed by atoms with Crippen LogP contribution in [0.2, 0.25) is 0 Å². The molecular formula is C61H110N2O21. The van der Waals surface area contributed by atoms with Gasteiger partial charge in [0, 0.05) is 19.8 Å². The summed E-state index contributed by atoms with van der Waals surface area (Å²) >= 11 is 0. The summed E-state index contributed by atoms with van der Waals surface area (Å²) in [5.41, 5.74) is 0. The minimum absolute atomic E-state index is 0.195. The van der Waals surface area contributed by atoms with Crippen LogP contribution in [-0.4, -0.2) is 215 Å². The maximum Gasteiger partial charge on any atom is 0.364 e. The Balaban J connectivity index is 1.60. The number of ether oxygens (including phenoxy) is 6. The molecule has 3 aliphatic heterocycles. The first-order valence-electron chi connectivity index (χ1n) is 31.7. The lowest BCUT2D eigenvalue weighted by Crippen LogP contribution is -2.70. The number of carboxylic acid groups (broad SMARTS) is 1. The maximum absolute atomic E-state index is 13.4. The Hall–Kier alpha value is -2.79. The van der Waals surface area contributed by atoms with Gasteiger partial charge in [-0.1, -0.05) is 167 Å². The molecule has 0 bridgehead atoms. The molecule has 0 radical (unpaired) electrons. The molecule has 0 aromatic heterocycles. The van der Waals surface area contributed by atoms with Crippen LogP contribution >= 0.6 is 0 Å². The topological polar surface area (TPSA) is 373 Å². The van der Waals surface area contributed by atoms with Gasteiger partial charge in [-0.2, -0.15) is 0 Å². The highest BCUT2D eigenvalue weighted by Crippen LogP contribution is 2.38. The van der Waals surface area contributed by atoms with Crippen molar-refractivity contribution in [3.63, 3.8) is 0 Å². The predicted octanol–water partition coefficient (Wildman–Crippen LogP) is 3.72. The van der Waals surface area contributed by atoms with E-state index in [1.54, 1.807) is 6.08 Å². The Morgan fingerprint density at radius 2 is 1.12 bits per heavy atom. The third-order valence-electron chi connectivity index (χ3n) is 16.1. The summed E-state index contributed by atoms with van der Waals surface area (Å²) in [5.74, 6) is -6.15. The number of unbranched alkanes of at least 4 members (excludes halogenated alkanes) is 24. The molecule has 23 nitrogen and oxygen atoms in total. The number of allylic oxidation sites excluding steroid dienone is 3. The minimum atomic E-state index is -3.08. The molecule has 3 aliphatic rings. The molecule has 0 aliphatic carbocycles. The molecule has 490 valence electrons. The van der Waals surface area contributed by atoms with Crippen LogP contribution in [0.15, 0.2) is 24.3 Å². The summed E-state index contributed by atoms with van der Waals surface area (Å²) in [6.45, 7) is 2.06. The molecule has 2 amide bonds. The van der Waals surface area contributed by atoms with Gasteiger partial charge in [-0.3, -0.25) is 9.59 Å². The minimum Gasteiger partial charge on any atom is -0.477 e. The van der Waals surface area contributed by atoms with E-state index in [1.165, 1.54) is 77.0 Å². The molecule has 14 N–H and O–H groups in total. The summed E-state index contributed by atoms with van der Waals surface area (Å²) in [4.78, 5) is 38.4. The van der Waals surface area contributed by atoms with E-state index in [0.717, 1.165) is 90.4 Å². The zero-order chi connectivity index (χ0) is 61.9. The normalized spacial score (nSPS) is 29.9. The van der Waals surface area contributed by atoms with Gasteiger partial charge in [0.1, 0.15) is 67.1 Å². The number of carboxylic acids is 1. The van der Waals surface area contributed by atoms with Gasteiger partial charge in [0.05, 0.1) is 50.7 Å². The molecule has 23 heteroatoms. The number of hydrogen-bond acceptors (Lipinski definition) is 20. The van der Waals surface area contributed by atoms with Crippen molar-refractivity contribution in [2.75, 3.05) is 26.4 Å². The molecule has 3 heterocycles. The second-order valence-corrected chi connectivity index (χ2v) is 23.3. The van der Waals surface area contributed by atoms with E-state index >= 15 is 0 Å². The molecule has 18 atom stereocenters. The standard InChI is InChI=1S/C61H110N2O21/c1-4-6-8-10-12-14-15-16-17-18-19-20-21-22-23-24-25-27-29-31-33-35-48(71)63-42(43(68)34-32-30-28-26-13-11-9-7-5-2)40-79-58-53(75)52(74)55(47(39-66)81-58)82-59-54(76)57(51(73)46(38-65)80-59)84-61(60(77)78)36-44(69)49(62-41(3)67)56(83-61)50(72)45(70)37-64/h20-21,32,34,42-47,49-59,64-66,68-70,72-76H,4-19,22-31,33,35-40H2,1-3H3,(H,62,67)(H,63,71)(H,77,78)/b21-20-,34-32+. The fourth-order valence-corrected chi connectivity index (χ4v) is 11.0. The van der Waals surface area contributed by atoms with Crippen LogP contribution in [0.4, 0.5) is 0 Å². The fraction of sp³-hybridized carbons (Fsp3) is 0.885. The highest BCUT2D eigenvalue weighted by molar-refractivity contribution is 5.77. The summed E-state index contributed by atoms with van der Waals surface area (Å²) in [5, 5.41) is 135. The van der Waals surface area contributed by atoms with Crippen molar-refractivity contribution in [3.05, 3.63) is 24.3 Å². The predicted molar refractivity (Wildman–Crippen MR) is 311 cm³/mol. The number of aliphatic hydroxyl groups excluding tert-OH is 11. The average Bonchev–Trinajstić information content (AvgIpc) is 2.62. The smallest absolute Gasteiger partial charge is 0.364 e. The summed E-state index contributed by atoms with van der Waals surface area (Å²) in [6, 6.07) is -2.62. The highest BCUT2D eigenvalue weighted by Gasteiger charge is 2.60. The van der Waals surface area contributed by atoms with Gasteiger partial charge >= 0.3 is 5.97 Å². The summed E-state index contributed by atoms with van der Waals surface area (Å²) < 4.78 is 34.6. The van der Waals surface area contributed by atoms with Gasteiger partial charge in [0.25, 0.3) is 5.79 Å². The van der Waals surface area contributed by atoms with Crippen molar-refractivity contribution in [2.24, 2.45) is 0 Å². The average molecular weight is 1210 g/mol. The monoisotopic (exact) mass is 1210 g/mol. The fourth-order valence-electron chi connectivity index (χ4n) is 11.0. The quantitative estimate of drug-likeness (QED) is 0.0305. The number of carbonyl (C=O) groups is 3. The number of hydrogen-bond donors (Lipinski definition) is 14. The van der Waals surface area contributed by atoms with E-state index in [0.29, 0.717) is 12.8 Å². The van der Waals surface area contributed by atoms with Crippen molar-refractivity contribution >= 4 is 17.8 Å². The highest BCUT2D eigenvalue weighted by atomic mass is 16.8. The van der Waals surface area contributed by atoms with Gasteiger partial charge in [-0.25, -0.2) is 4.79 Å². The van der Waals surface area contributed by atoms with E-state index in [1.807, 2.05) is 6.08 Å². The molecule has 18 unspecified atom stereocenters. The van der Waals surface area contributed by atoms with Crippen molar-refractivity contribution < 1.29 is 104 Å². The molecule has 0 spiro atoms. The number of nitrogens with one attached hydrogen (secondary N) is 2. The molecule has 3 saturated heterocycles. The molecule has 0 aromatic rings. The zero-order valence-corrected chi connectivity index (χ0v) is 50.5. The molecule has 3 rings (SSSR count). The van der Waals surface area contributed by atoms with Gasteiger partial charge < -0.3 is 100 Å². The SMILES string of the molecule is CCCCCCCCC/C=C/C(O)C(COC1OC(CO)C(OC2OC(CO)C(O)C(OC3(C(=O)O)CC(O)C(NC(C)=O)C(C(O)C(O)CO)O3)C2O)C(O)C1O)NC(=O)CCCCCCCCC/C=C\CCCCCCCCCCCC. The Bertz CT molecular complexity index is 1820. The molecule has 0 aromatic carbocycles. The van der Waals surface area contributed by atoms with Crippen molar-refractivity contribution in [1.29, 1.82) is 0 Å². The number of aliphatic carboxylic acids is 1. The lowest BCUT2D eigenvalue weighted by molar-refractivity contribution is -0.386. The first kappa shape index (κ1) is 75.5. The number of amides is 2. The van der Waals surface area contributed by atoms with Crippen LogP contribution in [0, 0.1) is 0 Å². The van der Waals surface area contributed by atoms with Crippen molar-refractivity contribution in [1.82, 2.24) is 10.6 Å². The first-order valence-corrected chi connectivity index (χ1v) is 31.7. The van der Waals surface area contributed by atoms with Gasteiger partial charge in [-0.15, -0.1) is 0 Å². The number of aliphatic hydroxyl groups is 11. The van der Waals surface area contributed by atoms with E-state index in [2.05, 4.69) is 36.6 Å². The Labute approximate surface area is 498 Å². The van der Waals surface area contributed by atoms with Crippen LogP contribution in [0.5, 0.6) is 0 Å². The Kier molecular flexibility index (Phi) is 38.6. The van der Waals surface area contributed by atoms with Gasteiger partial charge in [0.15, 0.2) is 12.6 Å². The molecule has 3 fully saturated rings. The van der Waals surface area contributed by atoms with E-state index in [9.17, 15) is 75.7 Å². The lowest BCUT2D eigenvalue weighted by Gasteiger charge is -2.50. The van der Waals surface area contributed by atoms with Crippen LogP contribution in [0.1, 0.15) is 207 Å². The van der Waals surface area contributed by atoms with E-state index in [-0.39, 0.29) is 12.3 Å². The second kappa shape index (κ2) is 43.0. The molecule has 84 heavy (non-hydrogen) atoms. The summed E-state index contributed by atoms with van der Waals surface area (Å²) in [6.07, 6.45) is 9.82. The number of rotatable bonds is 46. The second-order valence-electron chi connectivity index (χ2n) is 23.3. The maximum atomic E-state index is 13.4. The van der Waals surface area contributed by atoms with Gasteiger partial charge in [0.2, 0.25) is 11.8 Å². The first-order chi connectivity index (χ1) is 40.4. The largest absolute Gasteiger partial charge is 0.477 e. The zero-order valence-electron chi connectivity index (χ0n) is 50.5. The Morgan fingerprint density at radius 3 is 1.62 bits per heavy atom. The van der Waals surface area contributed by atoms with E-state index in [4.69, 9.17) is 28.4 Å². The van der Waals surface area contributed by atoms with Gasteiger partial charge in [-0.05, 0) is 44.9 Å². The number of carbonyl (C=O) groups excluding carboxylic acids is 2. The molecular weight excluding hydrogens is 1100 g/mol. The van der Waals surface area contributed by atoms with Crippen molar-refractivity contribution in [2.45, 2.75) is 317 Å². The third-order valence-corrected chi connectivity index (χ3v) is 16.1. The van der Waals surface area contributed by atoms with Crippen LogP contribution in [0.3, 0.4) is 0 Å². The van der Waals surface area contributed by atoms with Crippen molar-refractivity contribution in [3.8, 4) is 0 Å². The summed E-state index contributed by atoms with van der Waals surface area (Å²) in [7, 11) is 0. The third kappa shape index (κ3) is 26.5. The van der Waals surface area contributed by atoms with Crippen LogP contribution < -0.4 is 10.6 Å². The lowest BCUT2D eigenvalue weighted by atomic mass is 9.88.